The highest BCUT2D eigenvalue weighted by Crippen LogP contribution is 2.45. The molecule has 2 fully saturated rings. The first-order valence-electron chi connectivity index (χ1n) is 8.85. The van der Waals surface area contributed by atoms with Crippen LogP contribution in [0.2, 0.25) is 0 Å². The number of aromatic nitrogens is 2. The second-order valence-corrected chi connectivity index (χ2v) is 9.55. The van der Waals surface area contributed by atoms with Gasteiger partial charge >= 0.3 is 0 Å². The summed E-state index contributed by atoms with van der Waals surface area (Å²) in [5.74, 6) is -0.168. The average Bonchev–Trinajstić information content (AvgIpc) is 3.29. The maximum atomic E-state index is 12.7. The molecule has 1 aromatic carbocycles. The molecule has 1 saturated heterocycles. The van der Waals surface area contributed by atoms with Crippen LogP contribution in [0.1, 0.15) is 30.9 Å². The quantitative estimate of drug-likeness (QED) is 0.904. The van der Waals surface area contributed by atoms with Crippen LogP contribution < -0.4 is 0 Å². The standard InChI is InChI=1S/C18H21N3O3S/c22-17-7-8-20(25(23,24)12-5-6-12)10-15(17)18-14-4-2-1-3-13(14)16-9-19-11-21(16)18/h1-4,9,11-12,15,17-18,22H,5-8,10H2. The molecule has 132 valence electrons. The summed E-state index contributed by atoms with van der Waals surface area (Å²) in [6.07, 6.45) is 5.14. The summed E-state index contributed by atoms with van der Waals surface area (Å²) in [6, 6.07) is 8.07. The van der Waals surface area contributed by atoms with Gasteiger partial charge in [0.05, 0.1) is 35.6 Å². The molecule has 25 heavy (non-hydrogen) atoms. The van der Waals surface area contributed by atoms with Gasteiger partial charge in [0.15, 0.2) is 0 Å². The number of rotatable bonds is 3. The molecule has 3 heterocycles. The monoisotopic (exact) mass is 359 g/mol. The fourth-order valence-electron chi connectivity index (χ4n) is 4.37. The average molecular weight is 359 g/mol. The van der Waals surface area contributed by atoms with E-state index in [1.807, 2.05) is 18.3 Å². The van der Waals surface area contributed by atoms with Crippen LogP contribution in [-0.4, -0.2) is 51.8 Å². The minimum Gasteiger partial charge on any atom is -0.393 e. The SMILES string of the molecule is O=S(=O)(C1CC1)N1CCC(O)C(C2c3ccccc3-c3cncn32)C1. The number of fused-ring (bicyclic) bond motifs is 3. The first kappa shape index (κ1) is 15.5. The first-order chi connectivity index (χ1) is 12.1. The van der Waals surface area contributed by atoms with Gasteiger partial charge in [-0.3, -0.25) is 0 Å². The van der Waals surface area contributed by atoms with Crippen LogP contribution in [0.3, 0.4) is 0 Å². The third kappa shape index (κ3) is 2.29. The number of piperidine rings is 1. The molecule has 2 aliphatic heterocycles. The molecular formula is C18H21N3O3S. The van der Waals surface area contributed by atoms with Crippen LogP contribution >= 0.6 is 0 Å². The Kier molecular flexibility index (Phi) is 3.36. The van der Waals surface area contributed by atoms with Gasteiger partial charge in [-0.15, -0.1) is 0 Å². The Morgan fingerprint density at radius 3 is 2.76 bits per heavy atom. The normalized spacial score (nSPS) is 29.4. The largest absolute Gasteiger partial charge is 0.393 e. The van der Waals surface area contributed by atoms with Crippen molar-refractivity contribution >= 4 is 10.0 Å². The van der Waals surface area contributed by atoms with Gasteiger partial charge in [-0.1, -0.05) is 24.3 Å². The van der Waals surface area contributed by atoms with Gasteiger partial charge in [-0.2, -0.15) is 0 Å². The highest BCUT2D eigenvalue weighted by atomic mass is 32.2. The number of aliphatic hydroxyl groups excluding tert-OH is 1. The Morgan fingerprint density at radius 1 is 1.16 bits per heavy atom. The number of hydrogen-bond donors (Lipinski definition) is 1. The lowest BCUT2D eigenvalue weighted by molar-refractivity contribution is 0.0356. The molecule has 6 nitrogen and oxygen atoms in total. The Hall–Kier alpha value is -1.70. The van der Waals surface area contributed by atoms with E-state index in [0.29, 0.717) is 19.5 Å². The van der Waals surface area contributed by atoms with Gasteiger partial charge in [-0.25, -0.2) is 17.7 Å². The van der Waals surface area contributed by atoms with E-state index in [-0.39, 0.29) is 17.2 Å². The molecule has 7 heteroatoms. The fourth-order valence-corrected chi connectivity index (χ4v) is 6.26. The van der Waals surface area contributed by atoms with Crippen molar-refractivity contribution < 1.29 is 13.5 Å². The van der Waals surface area contributed by atoms with Crippen LogP contribution in [0.4, 0.5) is 0 Å². The highest BCUT2D eigenvalue weighted by Gasteiger charge is 2.46. The van der Waals surface area contributed by atoms with E-state index in [1.54, 1.807) is 10.6 Å². The third-order valence-electron chi connectivity index (χ3n) is 5.82. The number of nitrogens with zero attached hydrogens (tertiary/aromatic N) is 3. The number of benzene rings is 1. The van der Waals surface area contributed by atoms with Crippen LogP contribution in [0.15, 0.2) is 36.8 Å². The predicted octanol–water partition coefficient (Wildman–Crippen LogP) is 1.63. The molecule has 2 aromatic rings. The van der Waals surface area contributed by atoms with Gasteiger partial charge in [0.1, 0.15) is 0 Å². The van der Waals surface area contributed by atoms with Gasteiger partial charge in [0.2, 0.25) is 10.0 Å². The molecule has 0 spiro atoms. The van der Waals surface area contributed by atoms with Crippen LogP contribution in [0.5, 0.6) is 0 Å². The van der Waals surface area contributed by atoms with Crippen molar-refractivity contribution in [3.63, 3.8) is 0 Å². The molecule has 1 saturated carbocycles. The summed E-state index contributed by atoms with van der Waals surface area (Å²) in [5.41, 5.74) is 3.31. The lowest BCUT2D eigenvalue weighted by Gasteiger charge is -2.39. The minimum absolute atomic E-state index is 0.0686. The number of hydrogen-bond acceptors (Lipinski definition) is 4. The van der Waals surface area contributed by atoms with E-state index >= 15 is 0 Å². The van der Waals surface area contributed by atoms with Crippen LogP contribution in [0.25, 0.3) is 11.3 Å². The second-order valence-electron chi connectivity index (χ2n) is 7.34. The minimum atomic E-state index is -3.22. The maximum Gasteiger partial charge on any atom is 0.216 e. The molecule has 3 atom stereocenters. The van der Waals surface area contributed by atoms with E-state index < -0.39 is 16.1 Å². The zero-order valence-corrected chi connectivity index (χ0v) is 14.6. The summed E-state index contributed by atoms with van der Waals surface area (Å²) in [6.45, 7) is 0.790. The second kappa shape index (κ2) is 5.40. The molecule has 1 aliphatic carbocycles. The molecule has 0 radical (unpaired) electrons. The summed E-state index contributed by atoms with van der Waals surface area (Å²) in [7, 11) is -3.22. The van der Waals surface area contributed by atoms with Crippen molar-refractivity contribution in [3.05, 3.63) is 42.4 Å². The van der Waals surface area contributed by atoms with Crippen molar-refractivity contribution in [1.29, 1.82) is 0 Å². The Morgan fingerprint density at radius 2 is 1.96 bits per heavy atom. The molecular weight excluding hydrogens is 338 g/mol. The predicted molar refractivity (Wildman–Crippen MR) is 93.4 cm³/mol. The fraction of sp³-hybridized carbons (Fsp3) is 0.500. The van der Waals surface area contributed by atoms with Crippen LogP contribution in [-0.2, 0) is 10.0 Å². The maximum absolute atomic E-state index is 12.7. The Balaban J connectivity index is 1.54. The van der Waals surface area contributed by atoms with E-state index in [9.17, 15) is 13.5 Å². The van der Waals surface area contributed by atoms with Crippen molar-refractivity contribution in [3.8, 4) is 11.3 Å². The zero-order chi connectivity index (χ0) is 17.2. The highest BCUT2D eigenvalue weighted by molar-refractivity contribution is 7.90. The molecule has 1 N–H and O–H groups in total. The summed E-state index contributed by atoms with van der Waals surface area (Å²) in [4.78, 5) is 4.27. The summed E-state index contributed by atoms with van der Waals surface area (Å²) in [5, 5.41) is 10.5. The third-order valence-corrected chi connectivity index (χ3v) is 8.18. The van der Waals surface area contributed by atoms with Crippen LogP contribution in [0, 0.1) is 5.92 Å². The summed E-state index contributed by atoms with van der Waals surface area (Å²) < 4.78 is 29.1. The molecule has 5 rings (SSSR count). The van der Waals surface area contributed by atoms with Gasteiger partial charge in [0, 0.05) is 24.6 Å². The molecule has 3 aliphatic rings. The van der Waals surface area contributed by atoms with Gasteiger partial charge in [0.25, 0.3) is 0 Å². The van der Waals surface area contributed by atoms with Crippen molar-refractivity contribution in [1.82, 2.24) is 13.9 Å². The lowest BCUT2D eigenvalue weighted by Crippen LogP contribution is -2.49. The Labute approximate surface area is 147 Å². The van der Waals surface area contributed by atoms with Crippen molar-refractivity contribution in [2.24, 2.45) is 5.92 Å². The first-order valence-corrected chi connectivity index (χ1v) is 10.4. The van der Waals surface area contributed by atoms with E-state index in [2.05, 4.69) is 21.7 Å². The zero-order valence-electron chi connectivity index (χ0n) is 13.8. The van der Waals surface area contributed by atoms with Crippen molar-refractivity contribution in [2.75, 3.05) is 13.1 Å². The Bertz CT molecular complexity index is 919. The number of imidazole rings is 1. The van der Waals surface area contributed by atoms with E-state index in [4.69, 9.17) is 0 Å². The van der Waals surface area contributed by atoms with Gasteiger partial charge < -0.3 is 9.67 Å². The topological polar surface area (TPSA) is 75.4 Å². The van der Waals surface area contributed by atoms with Gasteiger partial charge in [-0.05, 0) is 24.8 Å². The smallest absolute Gasteiger partial charge is 0.216 e. The molecule has 1 aromatic heterocycles. The van der Waals surface area contributed by atoms with E-state index in [0.717, 1.165) is 29.7 Å². The number of aliphatic hydroxyl groups is 1. The summed E-state index contributed by atoms with van der Waals surface area (Å²) >= 11 is 0. The molecule has 3 unspecified atom stereocenters. The number of sulfonamides is 1. The lowest BCUT2D eigenvalue weighted by atomic mass is 9.85. The van der Waals surface area contributed by atoms with Crippen molar-refractivity contribution in [2.45, 2.75) is 36.7 Å². The molecule has 0 amide bonds. The molecule has 0 bridgehead atoms. The van der Waals surface area contributed by atoms with E-state index in [1.165, 1.54) is 0 Å².